The van der Waals surface area contributed by atoms with Crippen molar-refractivity contribution in [1.29, 1.82) is 0 Å². The molecule has 51 valence electrons. The van der Waals surface area contributed by atoms with E-state index in [0.29, 0.717) is 0 Å². The summed E-state index contributed by atoms with van der Waals surface area (Å²) in [6, 6.07) is 0. The number of aliphatic carboxylic acids is 1. The second kappa shape index (κ2) is 2.72. The van der Waals surface area contributed by atoms with Crippen molar-refractivity contribution in [2.75, 3.05) is 0 Å². The topological polar surface area (TPSA) is 80.9 Å². The zero-order valence-corrected chi connectivity index (χ0v) is 4.80. The standard InChI is InChI=1S/C4H3N4O2/c9-4(10)1-2-8-3-5-6-7-8/h1-2H,(H,9,10). The maximum absolute atomic E-state index is 9.91. The van der Waals surface area contributed by atoms with Crippen molar-refractivity contribution < 1.29 is 9.90 Å². The molecule has 6 nitrogen and oxygen atoms in total. The minimum Gasteiger partial charge on any atom is -0.478 e. The summed E-state index contributed by atoms with van der Waals surface area (Å²) in [5, 5.41) is 17.9. The van der Waals surface area contributed by atoms with Gasteiger partial charge in [-0.05, 0) is 10.4 Å². The van der Waals surface area contributed by atoms with Gasteiger partial charge in [0.1, 0.15) is 0 Å². The van der Waals surface area contributed by atoms with Gasteiger partial charge in [0.15, 0.2) is 0 Å². The van der Waals surface area contributed by atoms with Gasteiger partial charge in [0.05, 0.1) is 0 Å². The molecule has 0 saturated heterocycles. The van der Waals surface area contributed by atoms with E-state index in [9.17, 15) is 4.79 Å². The van der Waals surface area contributed by atoms with E-state index in [1.807, 2.05) is 0 Å². The number of rotatable bonds is 2. The fourth-order valence-electron chi connectivity index (χ4n) is 0.346. The molecule has 1 N–H and O–H groups in total. The quantitative estimate of drug-likeness (QED) is 0.533. The summed E-state index contributed by atoms with van der Waals surface area (Å²) in [5.74, 6) is -1.05. The molecule has 1 rings (SSSR count). The zero-order valence-electron chi connectivity index (χ0n) is 4.80. The highest BCUT2D eigenvalue weighted by atomic mass is 16.4. The Balaban J connectivity index is 2.64. The highest BCUT2D eigenvalue weighted by Gasteiger charge is 1.87. The van der Waals surface area contributed by atoms with Gasteiger partial charge in [0, 0.05) is 12.3 Å². The van der Waals surface area contributed by atoms with Crippen molar-refractivity contribution in [2.24, 2.45) is 0 Å². The predicted molar refractivity (Wildman–Crippen MR) is 29.6 cm³/mol. The minimum atomic E-state index is -1.05. The average Bonchev–Trinajstić information content (AvgIpc) is 2.34. The first-order chi connectivity index (χ1) is 4.79. The molecule has 0 bridgehead atoms. The Kier molecular flexibility index (Phi) is 1.74. The molecule has 0 amide bonds. The van der Waals surface area contributed by atoms with E-state index < -0.39 is 5.97 Å². The van der Waals surface area contributed by atoms with Crippen LogP contribution in [0.4, 0.5) is 0 Å². The van der Waals surface area contributed by atoms with Crippen LogP contribution in [-0.4, -0.2) is 31.3 Å². The summed E-state index contributed by atoms with van der Waals surface area (Å²) >= 11 is 0. The lowest BCUT2D eigenvalue weighted by atomic mass is 10.6. The minimum absolute atomic E-state index is 0.910. The maximum atomic E-state index is 9.91. The van der Waals surface area contributed by atoms with Crippen molar-refractivity contribution in [1.82, 2.24) is 20.2 Å². The Hall–Kier alpha value is -1.72. The van der Waals surface area contributed by atoms with Gasteiger partial charge in [0.25, 0.3) is 0 Å². The number of tetrazole rings is 1. The SMILES string of the molecule is O=C(O)C=Cn1[c]nnn1. The smallest absolute Gasteiger partial charge is 0.329 e. The largest absolute Gasteiger partial charge is 0.478 e. The van der Waals surface area contributed by atoms with Crippen molar-refractivity contribution in [3.63, 3.8) is 0 Å². The second-order valence-electron chi connectivity index (χ2n) is 1.38. The molecular formula is C4H3N4O2. The van der Waals surface area contributed by atoms with Gasteiger partial charge in [-0.3, -0.25) is 0 Å². The van der Waals surface area contributed by atoms with Crippen LogP contribution in [0.25, 0.3) is 6.20 Å². The lowest BCUT2D eigenvalue weighted by Gasteiger charge is -1.80. The van der Waals surface area contributed by atoms with Crippen LogP contribution in [-0.2, 0) is 4.79 Å². The Morgan fingerprint density at radius 3 is 3.00 bits per heavy atom. The Morgan fingerprint density at radius 1 is 1.70 bits per heavy atom. The molecule has 0 aliphatic heterocycles. The molecular weight excluding hydrogens is 136 g/mol. The molecule has 0 unspecified atom stereocenters. The molecule has 0 aromatic carbocycles. The first-order valence-corrected chi connectivity index (χ1v) is 2.36. The molecule has 1 heterocycles. The summed E-state index contributed by atoms with van der Waals surface area (Å²) in [4.78, 5) is 9.91. The number of carboxylic acids is 1. The number of aromatic nitrogens is 4. The summed E-state index contributed by atoms with van der Waals surface area (Å²) < 4.78 is 1.06. The van der Waals surface area contributed by atoms with E-state index in [4.69, 9.17) is 5.11 Å². The third-order valence-electron chi connectivity index (χ3n) is 0.687. The first-order valence-electron chi connectivity index (χ1n) is 2.36. The predicted octanol–water partition coefficient (Wildman–Crippen LogP) is -0.971. The molecule has 0 atom stereocenters. The summed E-state index contributed by atoms with van der Waals surface area (Å²) in [6.07, 6.45) is 4.38. The van der Waals surface area contributed by atoms with Crippen molar-refractivity contribution in [3.05, 3.63) is 12.4 Å². The Bertz CT molecular complexity index is 240. The fourth-order valence-corrected chi connectivity index (χ4v) is 0.346. The second-order valence-corrected chi connectivity index (χ2v) is 1.38. The number of carbonyl (C=O) groups is 1. The van der Waals surface area contributed by atoms with E-state index in [-0.39, 0.29) is 0 Å². The van der Waals surface area contributed by atoms with E-state index >= 15 is 0 Å². The van der Waals surface area contributed by atoms with E-state index in [2.05, 4.69) is 21.9 Å². The molecule has 0 fully saturated rings. The molecule has 0 aliphatic rings. The summed E-state index contributed by atoms with van der Waals surface area (Å²) in [7, 11) is 0. The van der Waals surface area contributed by atoms with Crippen LogP contribution in [0.3, 0.4) is 0 Å². The lowest BCUT2D eigenvalue weighted by molar-refractivity contribution is -0.131. The normalized spacial score (nSPS) is 10.4. The van der Waals surface area contributed by atoms with E-state index in [0.717, 1.165) is 10.8 Å². The molecule has 6 heteroatoms. The average molecular weight is 139 g/mol. The molecule has 0 saturated carbocycles. The van der Waals surface area contributed by atoms with Crippen LogP contribution in [0.1, 0.15) is 0 Å². The number of carboxylic acid groups (broad SMARTS) is 1. The molecule has 10 heavy (non-hydrogen) atoms. The van der Waals surface area contributed by atoms with Gasteiger partial charge in [-0.25, -0.2) is 4.79 Å². The van der Waals surface area contributed by atoms with Crippen LogP contribution >= 0.6 is 0 Å². The fraction of sp³-hybridized carbons (Fsp3) is 0. The Morgan fingerprint density at radius 2 is 2.50 bits per heavy atom. The van der Waals surface area contributed by atoms with E-state index in [1.54, 1.807) is 0 Å². The number of hydrogen-bond acceptors (Lipinski definition) is 4. The number of nitrogens with zero attached hydrogens (tertiary/aromatic N) is 4. The summed E-state index contributed by atoms with van der Waals surface area (Å²) in [6.45, 7) is 0. The van der Waals surface area contributed by atoms with Gasteiger partial charge in [-0.2, -0.15) is 4.68 Å². The Labute approximate surface area is 55.8 Å². The van der Waals surface area contributed by atoms with Crippen molar-refractivity contribution in [2.45, 2.75) is 0 Å². The van der Waals surface area contributed by atoms with Crippen LogP contribution in [0, 0.1) is 6.33 Å². The van der Waals surface area contributed by atoms with Gasteiger partial charge in [-0.1, -0.05) is 0 Å². The van der Waals surface area contributed by atoms with Gasteiger partial charge in [-0.15, -0.1) is 5.10 Å². The number of hydrogen-bond donors (Lipinski definition) is 1. The van der Waals surface area contributed by atoms with E-state index in [1.165, 1.54) is 6.20 Å². The van der Waals surface area contributed by atoms with Crippen LogP contribution < -0.4 is 0 Å². The molecule has 0 aliphatic carbocycles. The molecule has 1 aromatic rings. The van der Waals surface area contributed by atoms with Crippen molar-refractivity contribution in [3.8, 4) is 0 Å². The maximum Gasteiger partial charge on any atom is 0.329 e. The monoisotopic (exact) mass is 139 g/mol. The highest BCUT2D eigenvalue weighted by molar-refractivity contribution is 5.82. The lowest BCUT2D eigenvalue weighted by Crippen LogP contribution is -1.91. The zero-order chi connectivity index (χ0) is 7.40. The van der Waals surface area contributed by atoms with Crippen LogP contribution in [0.2, 0.25) is 0 Å². The third kappa shape index (κ3) is 1.66. The van der Waals surface area contributed by atoms with Crippen LogP contribution in [0.15, 0.2) is 6.08 Å². The summed E-state index contributed by atoms with van der Waals surface area (Å²) in [5.41, 5.74) is 0. The molecule has 1 aromatic heterocycles. The van der Waals surface area contributed by atoms with Crippen LogP contribution in [0.5, 0.6) is 0 Å². The van der Waals surface area contributed by atoms with Crippen molar-refractivity contribution >= 4 is 12.2 Å². The first kappa shape index (κ1) is 6.40. The van der Waals surface area contributed by atoms with Gasteiger partial charge < -0.3 is 5.11 Å². The van der Waals surface area contributed by atoms with Gasteiger partial charge >= 0.3 is 5.97 Å². The van der Waals surface area contributed by atoms with Gasteiger partial charge in [0.2, 0.25) is 6.33 Å². The molecule has 1 radical (unpaired) electrons. The highest BCUT2D eigenvalue weighted by Crippen LogP contribution is 1.77. The third-order valence-corrected chi connectivity index (χ3v) is 0.687. The molecule has 0 spiro atoms.